The SMILES string of the molecule is CCCCCCCCCCCCCCCC(=O)OC[C@@H](O)COP(=O)(O)OC[C@H]1O[C@@H](n2cc(C)c(=O)[nH]c2=O)C[C@@H]1O. The number of ether oxygens (including phenoxy) is 2. The van der Waals surface area contributed by atoms with Crippen molar-refractivity contribution < 1.29 is 43.0 Å². The lowest BCUT2D eigenvalue weighted by molar-refractivity contribution is -0.147. The second-order valence-corrected chi connectivity index (χ2v) is 12.8. The van der Waals surface area contributed by atoms with Crippen molar-refractivity contribution in [3.05, 3.63) is 32.6 Å². The van der Waals surface area contributed by atoms with Crippen LogP contribution in [-0.2, 0) is 27.9 Å². The fourth-order valence-corrected chi connectivity index (χ4v) is 5.59. The number of aromatic nitrogens is 2. The molecule has 0 bridgehead atoms. The van der Waals surface area contributed by atoms with Gasteiger partial charge in [0.05, 0.1) is 19.3 Å². The third kappa shape index (κ3) is 15.1. The molecular weight excluding hydrogens is 583 g/mol. The van der Waals surface area contributed by atoms with Crippen LogP contribution in [0.15, 0.2) is 15.8 Å². The molecule has 5 atom stereocenters. The smallest absolute Gasteiger partial charge is 0.463 e. The molecule has 0 amide bonds. The van der Waals surface area contributed by atoms with Gasteiger partial charge in [-0.25, -0.2) is 9.36 Å². The molecule has 13 nitrogen and oxygen atoms in total. The van der Waals surface area contributed by atoms with Crippen molar-refractivity contribution in [2.24, 2.45) is 0 Å². The number of phosphoric acid groups is 1. The average Bonchev–Trinajstić information content (AvgIpc) is 3.34. The minimum atomic E-state index is -4.64. The van der Waals surface area contributed by atoms with Crippen LogP contribution in [0.25, 0.3) is 0 Å². The molecule has 1 fully saturated rings. The van der Waals surface area contributed by atoms with E-state index in [-0.39, 0.29) is 18.4 Å². The number of carbonyl (C=O) groups excluding carboxylic acids is 1. The molecule has 1 aliphatic heterocycles. The van der Waals surface area contributed by atoms with Crippen molar-refractivity contribution >= 4 is 13.8 Å². The van der Waals surface area contributed by atoms with Crippen molar-refractivity contribution in [2.45, 2.75) is 135 Å². The summed E-state index contributed by atoms with van der Waals surface area (Å²) < 4.78 is 33.6. The summed E-state index contributed by atoms with van der Waals surface area (Å²) in [6.07, 6.45) is 12.7. The number of aliphatic hydroxyl groups excluding tert-OH is 2. The Morgan fingerprint density at radius 2 is 1.60 bits per heavy atom. The fraction of sp³-hybridized carbons (Fsp3) is 0.828. The van der Waals surface area contributed by atoms with E-state index >= 15 is 0 Å². The molecule has 0 radical (unpaired) electrons. The highest BCUT2D eigenvalue weighted by Crippen LogP contribution is 2.44. The first-order chi connectivity index (χ1) is 20.5. The zero-order chi connectivity index (χ0) is 31.7. The van der Waals surface area contributed by atoms with Crippen LogP contribution in [0, 0.1) is 6.92 Å². The molecule has 0 spiro atoms. The van der Waals surface area contributed by atoms with Gasteiger partial charge in [-0.3, -0.25) is 28.2 Å². The van der Waals surface area contributed by atoms with E-state index in [0.717, 1.165) is 23.8 Å². The number of phosphoric ester groups is 1. The van der Waals surface area contributed by atoms with E-state index in [2.05, 4.69) is 11.9 Å². The van der Waals surface area contributed by atoms with Crippen LogP contribution >= 0.6 is 7.82 Å². The first-order valence-electron chi connectivity index (χ1n) is 15.6. The van der Waals surface area contributed by atoms with Crippen LogP contribution in [0.2, 0.25) is 0 Å². The maximum absolute atomic E-state index is 12.2. The van der Waals surface area contributed by atoms with E-state index in [4.69, 9.17) is 18.5 Å². The highest BCUT2D eigenvalue weighted by Gasteiger charge is 2.37. The summed E-state index contributed by atoms with van der Waals surface area (Å²) in [5, 5.41) is 20.2. The number of hydrogen-bond acceptors (Lipinski definition) is 10. The second kappa shape index (κ2) is 20.2. The van der Waals surface area contributed by atoms with Crippen LogP contribution < -0.4 is 11.2 Å². The number of nitrogens with zero attached hydrogens (tertiary/aromatic N) is 1. The number of aromatic amines is 1. The fourth-order valence-electron chi connectivity index (χ4n) is 4.82. The van der Waals surface area contributed by atoms with Gasteiger partial charge in [-0.1, -0.05) is 84.0 Å². The predicted molar refractivity (Wildman–Crippen MR) is 160 cm³/mol. The van der Waals surface area contributed by atoms with Gasteiger partial charge in [0.2, 0.25) is 0 Å². The standard InChI is InChI=1S/C29H51N2O11P/c1-3-4-5-6-7-8-9-10-11-12-13-14-15-16-27(34)39-19-23(32)20-40-43(37,38)41-21-25-24(33)17-26(42-25)31-18-22(2)28(35)30-29(31)36/h18,23-26,32-33H,3-17,19-21H2,1-2H3,(H,37,38)(H,30,35,36)/t23-,24+,25-,26-/m1/s1. The maximum Gasteiger partial charge on any atom is 0.472 e. The lowest BCUT2D eigenvalue weighted by atomic mass is 10.0. The minimum absolute atomic E-state index is 0.0145. The van der Waals surface area contributed by atoms with Gasteiger partial charge in [0, 0.05) is 24.6 Å². The van der Waals surface area contributed by atoms with Gasteiger partial charge in [-0.05, 0) is 13.3 Å². The molecule has 1 unspecified atom stereocenters. The van der Waals surface area contributed by atoms with Crippen LogP contribution in [0.1, 0.15) is 115 Å². The monoisotopic (exact) mass is 634 g/mol. The zero-order valence-electron chi connectivity index (χ0n) is 25.6. The Hall–Kier alpha value is -1.86. The Labute approximate surface area is 253 Å². The first kappa shape index (κ1) is 37.3. The van der Waals surface area contributed by atoms with Crippen LogP contribution in [0.5, 0.6) is 0 Å². The molecule has 0 aliphatic carbocycles. The molecule has 248 valence electrons. The number of carbonyl (C=O) groups is 1. The summed E-state index contributed by atoms with van der Waals surface area (Å²) in [5.74, 6) is -0.454. The largest absolute Gasteiger partial charge is 0.472 e. The molecule has 1 saturated heterocycles. The molecular formula is C29H51N2O11P. The molecule has 0 aromatic carbocycles. The van der Waals surface area contributed by atoms with E-state index in [1.165, 1.54) is 70.9 Å². The predicted octanol–water partition coefficient (Wildman–Crippen LogP) is 4.01. The lowest BCUT2D eigenvalue weighted by Crippen LogP contribution is -2.33. The minimum Gasteiger partial charge on any atom is -0.463 e. The first-order valence-corrected chi connectivity index (χ1v) is 17.1. The topological polar surface area (TPSA) is 187 Å². The number of aliphatic hydroxyl groups is 2. The Balaban J connectivity index is 1.52. The molecule has 2 rings (SSSR count). The summed E-state index contributed by atoms with van der Waals surface area (Å²) in [7, 11) is -4.64. The second-order valence-electron chi connectivity index (χ2n) is 11.3. The van der Waals surface area contributed by atoms with Gasteiger partial charge in [-0.2, -0.15) is 0 Å². The molecule has 0 saturated carbocycles. The summed E-state index contributed by atoms with van der Waals surface area (Å²) in [5.41, 5.74) is -0.983. The number of H-pyrrole nitrogens is 1. The van der Waals surface area contributed by atoms with Crippen molar-refractivity contribution in [2.75, 3.05) is 19.8 Å². The van der Waals surface area contributed by atoms with Gasteiger partial charge < -0.3 is 24.6 Å². The molecule has 43 heavy (non-hydrogen) atoms. The Kier molecular flexibility index (Phi) is 17.6. The quantitative estimate of drug-likeness (QED) is 0.0774. The van der Waals surface area contributed by atoms with E-state index in [1.807, 2.05) is 0 Å². The van der Waals surface area contributed by atoms with Gasteiger partial charge in [-0.15, -0.1) is 0 Å². The number of hydrogen-bond donors (Lipinski definition) is 4. The summed E-state index contributed by atoms with van der Waals surface area (Å²) in [6, 6.07) is 0. The molecule has 1 aromatic rings. The van der Waals surface area contributed by atoms with Gasteiger partial charge in [0.15, 0.2) is 0 Å². The lowest BCUT2D eigenvalue weighted by Gasteiger charge is -2.19. The van der Waals surface area contributed by atoms with Crippen molar-refractivity contribution in [3.63, 3.8) is 0 Å². The van der Waals surface area contributed by atoms with Crippen molar-refractivity contribution in [1.29, 1.82) is 0 Å². The van der Waals surface area contributed by atoms with E-state index < -0.39 is 69.4 Å². The van der Waals surface area contributed by atoms with Gasteiger partial charge in [0.25, 0.3) is 5.56 Å². The van der Waals surface area contributed by atoms with Crippen molar-refractivity contribution in [3.8, 4) is 0 Å². The third-order valence-electron chi connectivity index (χ3n) is 7.41. The number of esters is 1. The highest BCUT2D eigenvalue weighted by atomic mass is 31.2. The number of nitrogens with one attached hydrogen (secondary N) is 1. The molecule has 2 heterocycles. The Morgan fingerprint density at radius 3 is 2.21 bits per heavy atom. The molecule has 1 aliphatic rings. The average molecular weight is 635 g/mol. The van der Waals surface area contributed by atoms with E-state index in [0.29, 0.717) is 6.42 Å². The van der Waals surface area contributed by atoms with Crippen LogP contribution in [-0.4, -0.2) is 68.8 Å². The highest BCUT2D eigenvalue weighted by molar-refractivity contribution is 7.47. The number of rotatable bonds is 23. The van der Waals surface area contributed by atoms with Gasteiger partial charge >= 0.3 is 19.5 Å². The summed E-state index contributed by atoms with van der Waals surface area (Å²) in [4.78, 5) is 47.6. The third-order valence-corrected chi connectivity index (χ3v) is 8.36. The van der Waals surface area contributed by atoms with E-state index in [9.17, 15) is 34.1 Å². The number of unbranched alkanes of at least 4 members (excludes halogenated alkanes) is 12. The normalized spacial score (nSPS) is 20.6. The molecule has 14 heteroatoms. The molecule has 1 aromatic heterocycles. The zero-order valence-corrected chi connectivity index (χ0v) is 26.5. The summed E-state index contributed by atoms with van der Waals surface area (Å²) in [6.45, 7) is 2.19. The van der Waals surface area contributed by atoms with Crippen LogP contribution in [0.3, 0.4) is 0 Å². The number of aryl methyl sites for hydroxylation is 1. The molecule has 4 N–H and O–H groups in total. The maximum atomic E-state index is 12.2. The van der Waals surface area contributed by atoms with Crippen LogP contribution in [0.4, 0.5) is 0 Å². The Bertz CT molecular complexity index is 1110. The summed E-state index contributed by atoms with van der Waals surface area (Å²) >= 11 is 0. The van der Waals surface area contributed by atoms with Crippen molar-refractivity contribution in [1.82, 2.24) is 9.55 Å². The van der Waals surface area contributed by atoms with Gasteiger partial charge in [0.1, 0.15) is 25.0 Å². The van der Waals surface area contributed by atoms with E-state index in [1.54, 1.807) is 0 Å². The Morgan fingerprint density at radius 1 is 1.02 bits per heavy atom.